The van der Waals surface area contributed by atoms with Gasteiger partial charge < -0.3 is 10.6 Å². The van der Waals surface area contributed by atoms with Crippen LogP contribution in [0.25, 0.3) is 0 Å². The number of nitrogens with two attached hydrogens (primary N) is 1. The standard InChI is InChI=1S/C13H27N3/c1-2-6-15-7-9-16(10-8-15)13-5-3-4-12(13)11-14/h12-13H,2-11,14H2,1H3. The molecule has 1 saturated heterocycles. The predicted octanol–water partition coefficient (Wildman–Crippen LogP) is 1.14. The van der Waals surface area contributed by atoms with E-state index in [-0.39, 0.29) is 0 Å². The molecule has 2 N–H and O–H groups in total. The summed E-state index contributed by atoms with van der Waals surface area (Å²) in [6.45, 7) is 9.50. The summed E-state index contributed by atoms with van der Waals surface area (Å²) in [4.78, 5) is 5.31. The van der Waals surface area contributed by atoms with Crippen LogP contribution in [0.15, 0.2) is 0 Å². The molecular formula is C13H27N3. The molecule has 0 aromatic carbocycles. The largest absolute Gasteiger partial charge is 0.330 e. The van der Waals surface area contributed by atoms with Crippen molar-refractivity contribution in [3.05, 3.63) is 0 Å². The summed E-state index contributed by atoms with van der Waals surface area (Å²) in [6.07, 6.45) is 5.42. The van der Waals surface area contributed by atoms with Crippen LogP contribution in [0.3, 0.4) is 0 Å². The third kappa shape index (κ3) is 2.76. The van der Waals surface area contributed by atoms with Gasteiger partial charge in [0.1, 0.15) is 0 Å². The van der Waals surface area contributed by atoms with E-state index >= 15 is 0 Å². The summed E-state index contributed by atoms with van der Waals surface area (Å²) in [5.74, 6) is 0.776. The zero-order valence-electron chi connectivity index (χ0n) is 10.7. The molecule has 2 rings (SSSR count). The maximum absolute atomic E-state index is 5.87. The molecule has 0 bridgehead atoms. The second kappa shape index (κ2) is 5.99. The van der Waals surface area contributed by atoms with Gasteiger partial charge >= 0.3 is 0 Å². The van der Waals surface area contributed by atoms with Gasteiger partial charge in [-0.05, 0) is 38.3 Å². The first-order chi connectivity index (χ1) is 7.85. The Kier molecular flexibility index (Phi) is 4.62. The molecular weight excluding hydrogens is 198 g/mol. The predicted molar refractivity (Wildman–Crippen MR) is 68.5 cm³/mol. The van der Waals surface area contributed by atoms with E-state index in [4.69, 9.17) is 5.73 Å². The van der Waals surface area contributed by atoms with Gasteiger partial charge in [-0.15, -0.1) is 0 Å². The fourth-order valence-electron chi connectivity index (χ4n) is 3.41. The van der Waals surface area contributed by atoms with Crippen LogP contribution in [0.2, 0.25) is 0 Å². The van der Waals surface area contributed by atoms with E-state index in [2.05, 4.69) is 16.7 Å². The van der Waals surface area contributed by atoms with Crippen LogP contribution in [0.5, 0.6) is 0 Å². The Bertz CT molecular complexity index is 199. The van der Waals surface area contributed by atoms with E-state index in [1.165, 1.54) is 58.4 Å². The molecule has 2 unspecified atom stereocenters. The molecule has 0 amide bonds. The van der Waals surface area contributed by atoms with Gasteiger partial charge in [-0.2, -0.15) is 0 Å². The van der Waals surface area contributed by atoms with Gasteiger partial charge in [0, 0.05) is 32.2 Å². The average molecular weight is 225 g/mol. The lowest BCUT2D eigenvalue weighted by Gasteiger charge is -2.40. The highest BCUT2D eigenvalue weighted by Gasteiger charge is 2.32. The SMILES string of the molecule is CCCN1CCN(C2CCCC2CN)CC1. The number of piperazine rings is 1. The summed E-state index contributed by atoms with van der Waals surface area (Å²) in [5.41, 5.74) is 5.87. The Morgan fingerprint density at radius 1 is 1.12 bits per heavy atom. The Balaban J connectivity index is 1.79. The highest BCUT2D eigenvalue weighted by atomic mass is 15.3. The molecule has 2 aliphatic rings. The molecule has 1 saturated carbocycles. The molecule has 3 heteroatoms. The first kappa shape index (κ1) is 12.3. The molecule has 3 nitrogen and oxygen atoms in total. The third-order valence-electron chi connectivity index (χ3n) is 4.34. The van der Waals surface area contributed by atoms with Crippen molar-refractivity contribution in [2.75, 3.05) is 39.3 Å². The highest BCUT2D eigenvalue weighted by molar-refractivity contribution is 4.88. The van der Waals surface area contributed by atoms with Crippen LogP contribution in [-0.2, 0) is 0 Å². The summed E-state index contributed by atoms with van der Waals surface area (Å²) < 4.78 is 0. The second-order valence-electron chi connectivity index (χ2n) is 5.37. The lowest BCUT2D eigenvalue weighted by molar-refractivity contribution is 0.0809. The fourth-order valence-corrected chi connectivity index (χ4v) is 3.41. The van der Waals surface area contributed by atoms with E-state index in [0.29, 0.717) is 0 Å². The molecule has 0 aromatic rings. The fraction of sp³-hybridized carbons (Fsp3) is 1.00. The van der Waals surface area contributed by atoms with E-state index in [0.717, 1.165) is 18.5 Å². The Morgan fingerprint density at radius 2 is 1.88 bits per heavy atom. The first-order valence-corrected chi connectivity index (χ1v) is 7.01. The van der Waals surface area contributed by atoms with Gasteiger partial charge in [0.2, 0.25) is 0 Å². The van der Waals surface area contributed by atoms with Crippen LogP contribution in [0.1, 0.15) is 32.6 Å². The lowest BCUT2D eigenvalue weighted by atomic mass is 10.0. The van der Waals surface area contributed by atoms with Crippen LogP contribution in [-0.4, -0.2) is 55.1 Å². The molecule has 2 fully saturated rings. The minimum Gasteiger partial charge on any atom is -0.330 e. The zero-order valence-corrected chi connectivity index (χ0v) is 10.7. The molecule has 16 heavy (non-hydrogen) atoms. The summed E-state index contributed by atoms with van der Waals surface area (Å²) in [6, 6.07) is 0.800. The number of nitrogens with zero attached hydrogens (tertiary/aromatic N) is 2. The maximum atomic E-state index is 5.87. The maximum Gasteiger partial charge on any atom is 0.0137 e. The quantitative estimate of drug-likeness (QED) is 0.779. The Hall–Kier alpha value is -0.120. The third-order valence-corrected chi connectivity index (χ3v) is 4.34. The highest BCUT2D eigenvalue weighted by Crippen LogP contribution is 2.29. The van der Waals surface area contributed by atoms with Gasteiger partial charge in [-0.25, -0.2) is 0 Å². The van der Waals surface area contributed by atoms with Gasteiger partial charge in [0.05, 0.1) is 0 Å². The Morgan fingerprint density at radius 3 is 2.50 bits per heavy atom. The van der Waals surface area contributed by atoms with Crippen molar-refractivity contribution < 1.29 is 0 Å². The molecule has 1 aliphatic heterocycles. The van der Waals surface area contributed by atoms with E-state index in [9.17, 15) is 0 Å². The van der Waals surface area contributed by atoms with Gasteiger partial charge in [0.25, 0.3) is 0 Å². The normalized spacial score (nSPS) is 33.4. The Labute approximate surface area is 100.0 Å². The molecule has 0 radical (unpaired) electrons. The van der Waals surface area contributed by atoms with E-state index < -0.39 is 0 Å². The smallest absolute Gasteiger partial charge is 0.0137 e. The van der Waals surface area contributed by atoms with Crippen LogP contribution in [0.4, 0.5) is 0 Å². The van der Waals surface area contributed by atoms with Crippen molar-refractivity contribution >= 4 is 0 Å². The summed E-state index contributed by atoms with van der Waals surface area (Å²) >= 11 is 0. The van der Waals surface area contributed by atoms with Gasteiger partial charge in [-0.1, -0.05) is 13.3 Å². The summed E-state index contributed by atoms with van der Waals surface area (Å²) in [5, 5.41) is 0. The lowest BCUT2D eigenvalue weighted by Crippen LogP contribution is -2.52. The van der Waals surface area contributed by atoms with Crippen LogP contribution >= 0.6 is 0 Å². The molecule has 94 valence electrons. The number of rotatable bonds is 4. The number of hydrogen-bond donors (Lipinski definition) is 1. The zero-order chi connectivity index (χ0) is 11.4. The number of hydrogen-bond acceptors (Lipinski definition) is 3. The van der Waals surface area contributed by atoms with Crippen molar-refractivity contribution in [3.8, 4) is 0 Å². The molecule has 2 atom stereocenters. The van der Waals surface area contributed by atoms with E-state index in [1.54, 1.807) is 0 Å². The molecule has 0 spiro atoms. The summed E-state index contributed by atoms with van der Waals surface area (Å²) in [7, 11) is 0. The monoisotopic (exact) mass is 225 g/mol. The topological polar surface area (TPSA) is 32.5 Å². The average Bonchev–Trinajstić information content (AvgIpc) is 2.78. The molecule has 1 aliphatic carbocycles. The van der Waals surface area contributed by atoms with Crippen molar-refractivity contribution in [3.63, 3.8) is 0 Å². The van der Waals surface area contributed by atoms with Crippen molar-refractivity contribution in [1.29, 1.82) is 0 Å². The van der Waals surface area contributed by atoms with E-state index in [1.807, 2.05) is 0 Å². The van der Waals surface area contributed by atoms with Crippen LogP contribution in [0, 0.1) is 5.92 Å². The van der Waals surface area contributed by atoms with Gasteiger partial charge in [-0.3, -0.25) is 4.90 Å². The first-order valence-electron chi connectivity index (χ1n) is 7.01. The molecule has 0 aromatic heterocycles. The second-order valence-corrected chi connectivity index (χ2v) is 5.37. The molecule has 1 heterocycles. The van der Waals surface area contributed by atoms with Crippen molar-refractivity contribution in [2.45, 2.75) is 38.6 Å². The van der Waals surface area contributed by atoms with Gasteiger partial charge in [0.15, 0.2) is 0 Å². The van der Waals surface area contributed by atoms with Crippen molar-refractivity contribution in [2.24, 2.45) is 11.7 Å². The van der Waals surface area contributed by atoms with Crippen molar-refractivity contribution in [1.82, 2.24) is 9.80 Å². The minimum absolute atomic E-state index is 0.776. The minimum atomic E-state index is 0.776. The van der Waals surface area contributed by atoms with Crippen LogP contribution < -0.4 is 5.73 Å².